The van der Waals surface area contributed by atoms with Gasteiger partial charge in [-0.3, -0.25) is 20.2 Å². The van der Waals surface area contributed by atoms with Crippen LogP contribution < -0.4 is 0 Å². The van der Waals surface area contributed by atoms with Crippen molar-refractivity contribution in [2.24, 2.45) is 0 Å². The fourth-order valence-corrected chi connectivity index (χ4v) is 2.64. The van der Waals surface area contributed by atoms with Crippen LogP contribution in [0.2, 0.25) is 0 Å². The molecule has 0 aliphatic heterocycles. The van der Waals surface area contributed by atoms with E-state index in [0.29, 0.717) is 14.5 Å². The number of aromatic carboxylic acids is 1. The second-order valence-corrected chi connectivity index (χ2v) is 6.32. The quantitative estimate of drug-likeness (QED) is 0.501. The number of rotatable bonds is 4. The van der Waals surface area contributed by atoms with E-state index in [4.69, 9.17) is 10.2 Å². The molecule has 0 aromatic heterocycles. The van der Waals surface area contributed by atoms with Crippen LogP contribution in [0.4, 0.5) is 11.4 Å². The fourth-order valence-electron chi connectivity index (χ4n) is 1.63. The number of benzene rings is 2. The number of hydrogen-bond acceptors (Lipinski definition) is 6. The summed E-state index contributed by atoms with van der Waals surface area (Å²) in [6, 6.07) is 7.91. The van der Waals surface area contributed by atoms with Gasteiger partial charge in [-0.2, -0.15) is 0 Å². The first-order valence-corrected chi connectivity index (χ1v) is 7.95. The maximum Gasteiger partial charge on any atom is 0.335 e. The van der Waals surface area contributed by atoms with E-state index < -0.39 is 15.8 Å². The van der Waals surface area contributed by atoms with E-state index in [-0.39, 0.29) is 23.5 Å². The standard InChI is InChI=1S/C7H4BrNO4.C7H6BrNO3/c8-5-1-4(7(10)11)2-6(3-5)9(12)13;8-6-1-5(4-10)2-7(3-6)9(11)12/h1-3H,(H,10,11);1-3,10H,4H2. The number of non-ortho nitro benzene ring substituents is 2. The first-order valence-electron chi connectivity index (χ1n) is 6.37. The number of nitrogens with zero attached hydrogens (tertiary/aromatic N) is 2. The zero-order valence-electron chi connectivity index (χ0n) is 12.3. The van der Waals surface area contributed by atoms with Crippen molar-refractivity contribution in [2.45, 2.75) is 6.61 Å². The number of halogens is 2. The Morgan fingerprint density at radius 2 is 1.40 bits per heavy atom. The lowest BCUT2D eigenvalue weighted by atomic mass is 10.2. The summed E-state index contributed by atoms with van der Waals surface area (Å²) in [6.45, 7) is -0.194. The lowest BCUT2D eigenvalue weighted by molar-refractivity contribution is -0.385. The molecule has 2 rings (SSSR count). The molecule has 0 saturated carbocycles. The van der Waals surface area contributed by atoms with E-state index in [0.717, 1.165) is 6.07 Å². The first-order chi connectivity index (χ1) is 11.6. The highest BCUT2D eigenvalue weighted by molar-refractivity contribution is 9.10. The zero-order chi connectivity index (χ0) is 19.1. The molecule has 0 spiro atoms. The first kappa shape index (κ1) is 20.7. The molecule has 2 N–H and O–H groups in total. The Balaban J connectivity index is 0.000000251. The number of hydrogen-bond donors (Lipinski definition) is 2. The highest BCUT2D eigenvalue weighted by atomic mass is 79.9. The Bertz CT molecular complexity index is 795. The van der Waals surface area contributed by atoms with Crippen LogP contribution in [0.3, 0.4) is 0 Å². The smallest absolute Gasteiger partial charge is 0.335 e. The summed E-state index contributed by atoms with van der Waals surface area (Å²) in [5.74, 6) is -1.19. The maximum absolute atomic E-state index is 10.5. The molecule has 25 heavy (non-hydrogen) atoms. The Labute approximate surface area is 157 Å². The van der Waals surface area contributed by atoms with E-state index in [1.165, 1.54) is 24.3 Å². The highest BCUT2D eigenvalue weighted by Crippen LogP contribution is 2.22. The molecule has 0 heterocycles. The Hall–Kier alpha value is -2.37. The van der Waals surface area contributed by atoms with Gasteiger partial charge in [0.1, 0.15) is 0 Å². The van der Waals surface area contributed by atoms with Crippen molar-refractivity contribution in [3.05, 3.63) is 76.7 Å². The molecule has 0 radical (unpaired) electrons. The molecule has 0 amide bonds. The fraction of sp³-hybridized carbons (Fsp3) is 0.0714. The normalized spacial score (nSPS) is 9.72. The second-order valence-electron chi connectivity index (χ2n) is 4.49. The van der Waals surface area contributed by atoms with Gasteiger partial charge in [-0.15, -0.1) is 0 Å². The van der Waals surface area contributed by atoms with Gasteiger partial charge in [0.05, 0.1) is 22.0 Å². The topological polar surface area (TPSA) is 144 Å². The molecular formula is C14H10Br2N2O7. The third-order valence-corrected chi connectivity index (χ3v) is 3.59. The summed E-state index contributed by atoms with van der Waals surface area (Å²) in [6.07, 6.45) is 0. The van der Waals surface area contributed by atoms with Crippen LogP contribution in [0.5, 0.6) is 0 Å². The summed E-state index contributed by atoms with van der Waals surface area (Å²) in [5.41, 5.74) is 0.150. The number of aliphatic hydroxyl groups is 1. The van der Waals surface area contributed by atoms with Gasteiger partial charge in [-0.05, 0) is 17.7 Å². The Morgan fingerprint density at radius 1 is 0.920 bits per heavy atom. The second kappa shape index (κ2) is 9.20. The summed E-state index contributed by atoms with van der Waals surface area (Å²) >= 11 is 6.09. The lowest BCUT2D eigenvalue weighted by Gasteiger charge is -1.97. The molecule has 0 saturated heterocycles. The molecule has 0 aliphatic rings. The number of aliphatic hydroxyl groups excluding tert-OH is 1. The van der Waals surface area contributed by atoms with Gasteiger partial charge in [0.2, 0.25) is 0 Å². The van der Waals surface area contributed by atoms with Crippen molar-refractivity contribution in [1.82, 2.24) is 0 Å². The monoisotopic (exact) mass is 476 g/mol. The predicted octanol–water partition coefficient (Wildman–Crippen LogP) is 3.91. The summed E-state index contributed by atoms with van der Waals surface area (Å²) < 4.78 is 0.972. The van der Waals surface area contributed by atoms with Crippen molar-refractivity contribution in [1.29, 1.82) is 0 Å². The van der Waals surface area contributed by atoms with E-state index >= 15 is 0 Å². The van der Waals surface area contributed by atoms with Crippen LogP contribution in [-0.4, -0.2) is 26.0 Å². The Morgan fingerprint density at radius 3 is 1.84 bits per heavy atom. The molecular weight excluding hydrogens is 468 g/mol. The minimum Gasteiger partial charge on any atom is -0.478 e. The third-order valence-electron chi connectivity index (χ3n) is 2.68. The summed E-state index contributed by atoms with van der Waals surface area (Å²) in [7, 11) is 0. The van der Waals surface area contributed by atoms with E-state index in [1.807, 2.05) is 0 Å². The van der Waals surface area contributed by atoms with Gasteiger partial charge in [0, 0.05) is 33.2 Å². The molecule has 0 atom stereocenters. The molecule has 0 unspecified atom stereocenters. The maximum atomic E-state index is 10.5. The minimum atomic E-state index is -1.19. The number of carboxylic acid groups (broad SMARTS) is 1. The summed E-state index contributed by atoms with van der Waals surface area (Å²) in [5, 5.41) is 37.9. The third kappa shape index (κ3) is 6.57. The molecule has 9 nitrogen and oxygen atoms in total. The highest BCUT2D eigenvalue weighted by Gasteiger charge is 2.12. The summed E-state index contributed by atoms with van der Waals surface area (Å²) in [4.78, 5) is 30.0. The van der Waals surface area contributed by atoms with Crippen molar-refractivity contribution in [3.63, 3.8) is 0 Å². The van der Waals surface area contributed by atoms with Crippen LogP contribution in [0.1, 0.15) is 15.9 Å². The zero-order valence-corrected chi connectivity index (χ0v) is 15.4. The van der Waals surface area contributed by atoms with Crippen molar-refractivity contribution in [3.8, 4) is 0 Å². The molecule has 2 aromatic rings. The Kier molecular flexibility index (Phi) is 7.61. The molecule has 2 aromatic carbocycles. The van der Waals surface area contributed by atoms with Crippen LogP contribution in [0.25, 0.3) is 0 Å². The molecule has 0 aliphatic carbocycles. The van der Waals surface area contributed by atoms with Crippen LogP contribution in [0, 0.1) is 20.2 Å². The van der Waals surface area contributed by atoms with Crippen molar-refractivity contribution in [2.75, 3.05) is 0 Å². The van der Waals surface area contributed by atoms with Crippen molar-refractivity contribution < 1.29 is 24.9 Å². The van der Waals surface area contributed by atoms with Gasteiger partial charge < -0.3 is 10.2 Å². The number of carbonyl (C=O) groups is 1. The van der Waals surface area contributed by atoms with Gasteiger partial charge >= 0.3 is 5.97 Å². The van der Waals surface area contributed by atoms with Crippen LogP contribution in [0.15, 0.2) is 45.3 Å². The minimum absolute atomic E-state index is 0.0200. The molecule has 11 heteroatoms. The van der Waals surface area contributed by atoms with E-state index in [9.17, 15) is 25.0 Å². The van der Waals surface area contributed by atoms with Crippen molar-refractivity contribution >= 4 is 49.2 Å². The van der Waals surface area contributed by atoms with Gasteiger partial charge in [0.25, 0.3) is 11.4 Å². The van der Waals surface area contributed by atoms with Crippen LogP contribution >= 0.6 is 31.9 Å². The average Bonchev–Trinajstić information content (AvgIpc) is 2.54. The molecule has 132 valence electrons. The largest absolute Gasteiger partial charge is 0.478 e. The van der Waals surface area contributed by atoms with Gasteiger partial charge in [0.15, 0.2) is 0 Å². The van der Waals surface area contributed by atoms with E-state index in [1.54, 1.807) is 6.07 Å². The van der Waals surface area contributed by atoms with E-state index in [2.05, 4.69) is 31.9 Å². The SMILES string of the molecule is O=C(O)c1cc(Br)cc([N+](=O)[O-])c1.O=[N+]([O-])c1cc(Br)cc(CO)c1. The van der Waals surface area contributed by atoms with Gasteiger partial charge in [-0.1, -0.05) is 31.9 Å². The number of carboxylic acids is 1. The molecule has 0 fully saturated rings. The molecule has 0 bridgehead atoms. The number of nitro groups is 2. The average molecular weight is 478 g/mol. The van der Waals surface area contributed by atoms with Crippen LogP contribution in [-0.2, 0) is 6.61 Å². The predicted molar refractivity (Wildman–Crippen MR) is 94.5 cm³/mol. The number of nitro benzene ring substituents is 2. The lowest BCUT2D eigenvalue weighted by Crippen LogP contribution is -1.98. The van der Waals surface area contributed by atoms with Gasteiger partial charge in [-0.25, -0.2) is 4.79 Å².